The molecule has 0 radical (unpaired) electrons. The van der Waals surface area contributed by atoms with Gasteiger partial charge in [0.1, 0.15) is 11.6 Å². The Morgan fingerprint density at radius 3 is 2.26 bits per heavy atom. The van der Waals surface area contributed by atoms with Crippen molar-refractivity contribution < 1.29 is 26.4 Å². The van der Waals surface area contributed by atoms with Crippen molar-refractivity contribution in [2.75, 3.05) is 12.0 Å². The van der Waals surface area contributed by atoms with Crippen LogP contribution in [-0.2, 0) is 21.1 Å². The molecule has 5 nitrogen and oxygen atoms in total. The summed E-state index contributed by atoms with van der Waals surface area (Å²) < 4.78 is 63.2. The van der Waals surface area contributed by atoms with E-state index in [2.05, 4.69) is 0 Å². The Bertz CT molecular complexity index is 832. The average Bonchev–Trinajstić information content (AvgIpc) is 2.81. The Balaban J connectivity index is 1.67. The molecule has 150 valence electrons. The van der Waals surface area contributed by atoms with Crippen LogP contribution < -0.4 is 5.73 Å². The number of carbonyl (C=O) groups excluding carboxylic acids is 1. The van der Waals surface area contributed by atoms with E-state index in [1.807, 2.05) is 0 Å². The average molecular weight is 404 g/mol. The van der Waals surface area contributed by atoms with E-state index in [1.54, 1.807) is 4.90 Å². The largest absolute Gasteiger partial charge is 0.336 e. The Morgan fingerprint density at radius 1 is 1.15 bits per heavy atom. The van der Waals surface area contributed by atoms with Crippen LogP contribution in [-0.4, -0.2) is 49.4 Å². The smallest absolute Gasteiger partial charge is 0.238 e. The fourth-order valence-electron chi connectivity index (χ4n) is 4.42. The van der Waals surface area contributed by atoms with E-state index < -0.39 is 39.1 Å². The molecule has 2 heterocycles. The van der Waals surface area contributed by atoms with E-state index in [1.165, 1.54) is 0 Å². The molecule has 1 aromatic rings. The van der Waals surface area contributed by atoms with Crippen molar-refractivity contribution in [3.8, 4) is 0 Å². The van der Waals surface area contributed by atoms with Crippen molar-refractivity contribution in [2.45, 2.75) is 50.2 Å². The number of hydrogen-bond donors (Lipinski definition) is 1. The summed E-state index contributed by atoms with van der Waals surface area (Å²) in [6.45, 7) is 0. The lowest BCUT2D eigenvalue weighted by Crippen LogP contribution is -2.51. The molecular weight excluding hydrogens is 381 g/mol. The zero-order valence-corrected chi connectivity index (χ0v) is 15.8. The number of hydrogen-bond acceptors (Lipinski definition) is 4. The topological polar surface area (TPSA) is 80.5 Å². The molecule has 2 aliphatic rings. The first kappa shape index (κ1) is 20.1. The fraction of sp³-hybridized carbons (Fsp3) is 0.611. The van der Waals surface area contributed by atoms with Crippen molar-refractivity contribution >= 4 is 15.7 Å². The van der Waals surface area contributed by atoms with E-state index in [0.717, 1.165) is 25.2 Å². The van der Waals surface area contributed by atoms with Crippen LogP contribution in [0.3, 0.4) is 0 Å². The molecule has 4 atom stereocenters. The second-order valence-electron chi connectivity index (χ2n) is 7.71. The number of carbonyl (C=O) groups is 1. The molecule has 1 amide bonds. The minimum atomic E-state index is -3.40. The van der Waals surface area contributed by atoms with Gasteiger partial charge in [0.05, 0.1) is 0 Å². The molecule has 2 bridgehead atoms. The second kappa shape index (κ2) is 7.43. The third kappa shape index (κ3) is 4.45. The van der Waals surface area contributed by atoms with Crippen LogP contribution in [0, 0.1) is 23.4 Å². The summed E-state index contributed by atoms with van der Waals surface area (Å²) in [4.78, 5) is 14.0. The number of nitrogens with zero attached hydrogens (tertiary/aromatic N) is 1. The first-order valence-corrected chi connectivity index (χ1v) is 11.0. The normalized spacial score (nSPS) is 26.3. The maximum Gasteiger partial charge on any atom is 0.238 e. The fourth-order valence-corrected chi connectivity index (χ4v) is 5.01. The molecular formula is C18H23F3N2O3S. The SMILES string of the molecule is CS(=O)(=O)CC(=O)N1[C@@H]2CC[C@H]1CC([C@H](N)Cc1cc(F)c(F)cc1F)C2. The molecule has 3 rings (SSSR count). The van der Waals surface area contributed by atoms with E-state index in [0.29, 0.717) is 18.9 Å². The number of fused-ring (bicyclic) bond motifs is 2. The van der Waals surface area contributed by atoms with Gasteiger partial charge in [0.15, 0.2) is 21.5 Å². The van der Waals surface area contributed by atoms with Gasteiger partial charge < -0.3 is 10.6 Å². The van der Waals surface area contributed by atoms with Gasteiger partial charge in [-0.25, -0.2) is 21.6 Å². The van der Waals surface area contributed by atoms with Gasteiger partial charge in [-0.05, 0) is 49.7 Å². The minimum absolute atomic E-state index is 0.00250. The van der Waals surface area contributed by atoms with Gasteiger partial charge >= 0.3 is 0 Å². The highest BCUT2D eigenvalue weighted by atomic mass is 32.2. The molecule has 2 N–H and O–H groups in total. The van der Waals surface area contributed by atoms with Gasteiger partial charge in [0.2, 0.25) is 5.91 Å². The third-order valence-electron chi connectivity index (χ3n) is 5.59. The minimum Gasteiger partial charge on any atom is -0.336 e. The van der Waals surface area contributed by atoms with Gasteiger partial charge in [-0.2, -0.15) is 0 Å². The Kier molecular flexibility index (Phi) is 5.54. The molecule has 0 saturated carbocycles. The van der Waals surface area contributed by atoms with Crippen molar-refractivity contribution in [2.24, 2.45) is 11.7 Å². The standard InChI is InChI=1S/C18H23F3N2O3S/c1-27(25,26)9-18(24)23-12-2-3-13(23)5-11(4-12)17(22)7-10-6-15(20)16(21)8-14(10)19/h6,8,11-13,17H,2-5,7,9,22H2,1H3/t11?,12-,13+,17-/m1/s1. The molecule has 2 fully saturated rings. The van der Waals surface area contributed by atoms with E-state index in [4.69, 9.17) is 5.73 Å². The molecule has 2 saturated heterocycles. The zero-order chi connectivity index (χ0) is 19.9. The van der Waals surface area contributed by atoms with Crippen LogP contribution in [0.1, 0.15) is 31.2 Å². The van der Waals surface area contributed by atoms with Gasteiger partial charge in [-0.1, -0.05) is 0 Å². The van der Waals surface area contributed by atoms with Crippen LogP contribution >= 0.6 is 0 Å². The summed E-state index contributed by atoms with van der Waals surface area (Å²) in [5.74, 6) is -4.06. The van der Waals surface area contributed by atoms with Gasteiger partial charge in [0, 0.05) is 30.4 Å². The van der Waals surface area contributed by atoms with Crippen molar-refractivity contribution in [3.63, 3.8) is 0 Å². The first-order valence-electron chi connectivity index (χ1n) is 8.93. The molecule has 1 aromatic carbocycles. The molecule has 0 aromatic heterocycles. The number of rotatable bonds is 5. The molecule has 9 heteroatoms. The van der Waals surface area contributed by atoms with Crippen LogP contribution in [0.25, 0.3) is 0 Å². The summed E-state index contributed by atoms with van der Waals surface area (Å²) in [5.41, 5.74) is 6.26. The Hall–Kier alpha value is -1.61. The molecule has 27 heavy (non-hydrogen) atoms. The second-order valence-corrected chi connectivity index (χ2v) is 9.85. The third-order valence-corrected chi connectivity index (χ3v) is 6.36. The maximum absolute atomic E-state index is 13.9. The van der Waals surface area contributed by atoms with E-state index in [-0.39, 0.29) is 35.9 Å². The number of benzene rings is 1. The lowest BCUT2D eigenvalue weighted by atomic mass is 9.82. The first-order chi connectivity index (χ1) is 12.5. The van der Waals surface area contributed by atoms with E-state index in [9.17, 15) is 26.4 Å². The van der Waals surface area contributed by atoms with Crippen LogP contribution in [0.5, 0.6) is 0 Å². The van der Waals surface area contributed by atoms with Crippen molar-refractivity contribution in [3.05, 3.63) is 35.1 Å². The van der Waals surface area contributed by atoms with Crippen molar-refractivity contribution in [1.29, 1.82) is 0 Å². The lowest BCUT2D eigenvalue weighted by Gasteiger charge is -2.41. The monoisotopic (exact) mass is 404 g/mol. The molecule has 0 spiro atoms. The summed E-state index contributed by atoms with van der Waals surface area (Å²) in [6, 6.07) is 0.740. The number of nitrogens with two attached hydrogens (primary N) is 1. The molecule has 2 aliphatic heterocycles. The van der Waals surface area contributed by atoms with Crippen LogP contribution in [0.4, 0.5) is 13.2 Å². The lowest BCUT2D eigenvalue weighted by molar-refractivity contribution is -0.133. The number of halogens is 3. The predicted molar refractivity (Wildman–Crippen MR) is 94.1 cm³/mol. The Morgan fingerprint density at radius 2 is 1.70 bits per heavy atom. The number of sulfone groups is 1. The van der Waals surface area contributed by atoms with Crippen LogP contribution in [0.2, 0.25) is 0 Å². The molecule has 1 unspecified atom stereocenters. The number of amides is 1. The summed E-state index contributed by atoms with van der Waals surface area (Å²) in [7, 11) is -3.40. The highest BCUT2D eigenvalue weighted by Gasteiger charge is 2.44. The highest BCUT2D eigenvalue weighted by Crippen LogP contribution is 2.40. The van der Waals surface area contributed by atoms with E-state index >= 15 is 0 Å². The zero-order valence-electron chi connectivity index (χ0n) is 15.0. The summed E-state index contributed by atoms with van der Waals surface area (Å²) in [6.07, 6.45) is 3.86. The number of piperidine rings is 1. The highest BCUT2D eigenvalue weighted by molar-refractivity contribution is 7.91. The van der Waals surface area contributed by atoms with Crippen molar-refractivity contribution in [1.82, 2.24) is 4.90 Å². The predicted octanol–water partition coefficient (Wildman–Crippen LogP) is 1.79. The Labute approximate surface area is 156 Å². The maximum atomic E-state index is 13.9. The summed E-state index contributed by atoms with van der Waals surface area (Å²) in [5, 5.41) is 0. The molecule has 0 aliphatic carbocycles. The van der Waals surface area contributed by atoms with Gasteiger partial charge in [-0.3, -0.25) is 4.79 Å². The van der Waals surface area contributed by atoms with Gasteiger partial charge in [-0.15, -0.1) is 0 Å². The van der Waals surface area contributed by atoms with Gasteiger partial charge in [0.25, 0.3) is 0 Å². The summed E-state index contributed by atoms with van der Waals surface area (Å²) >= 11 is 0. The quantitative estimate of drug-likeness (QED) is 0.759. The van der Waals surface area contributed by atoms with Crippen LogP contribution in [0.15, 0.2) is 12.1 Å².